The minimum absolute atomic E-state index is 0.111. The van der Waals surface area contributed by atoms with Crippen LogP contribution in [0.5, 0.6) is 0 Å². The van der Waals surface area contributed by atoms with E-state index in [1.165, 1.54) is 18.4 Å². The van der Waals surface area contributed by atoms with E-state index in [-0.39, 0.29) is 12.1 Å². The van der Waals surface area contributed by atoms with Gasteiger partial charge in [0.2, 0.25) is 0 Å². The molecule has 0 unspecified atom stereocenters. The van der Waals surface area contributed by atoms with Crippen molar-refractivity contribution in [3.63, 3.8) is 0 Å². The summed E-state index contributed by atoms with van der Waals surface area (Å²) in [7, 11) is 1.90. The lowest BCUT2D eigenvalue weighted by atomic mass is 10.0. The molecule has 2 aliphatic rings. The van der Waals surface area contributed by atoms with Gasteiger partial charge in [0.05, 0.1) is 35.6 Å². The van der Waals surface area contributed by atoms with E-state index in [4.69, 9.17) is 24.8 Å². The highest BCUT2D eigenvalue weighted by molar-refractivity contribution is 5.88. The highest BCUT2D eigenvalue weighted by atomic mass is 16.5. The van der Waals surface area contributed by atoms with Gasteiger partial charge in [0.1, 0.15) is 11.0 Å². The minimum atomic E-state index is 0.111. The minimum Gasteiger partial charge on any atom is -0.381 e. The van der Waals surface area contributed by atoms with E-state index in [9.17, 15) is 0 Å². The van der Waals surface area contributed by atoms with E-state index in [1.807, 2.05) is 31.7 Å². The second kappa shape index (κ2) is 8.67. The molecule has 4 aromatic heterocycles. The number of pyridine rings is 1. The predicted octanol–water partition coefficient (Wildman–Crippen LogP) is 4.69. The van der Waals surface area contributed by atoms with Crippen LogP contribution in [0, 0.1) is 5.92 Å². The molecule has 0 amide bonds. The number of ether oxygens (including phenoxy) is 1. The van der Waals surface area contributed by atoms with Gasteiger partial charge in [-0.25, -0.2) is 9.97 Å². The summed E-state index contributed by atoms with van der Waals surface area (Å²) in [5.41, 5.74) is 4.87. The van der Waals surface area contributed by atoms with Crippen molar-refractivity contribution in [1.82, 2.24) is 34.5 Å². The number of hydrogen-bond acceptors (Lipinski definition) is 7. The average Bonchev–Trinajstić information content (AvgIpc) is 3.52. The lowest BCUT2D eigenvalue weighted by molar-refractivity contribution is 0.0675. The summed E-state index contributed by atoms with van der Waals surface area (Å²) in [6.07, 6.45) is 11.9. The molecule has 36 heavy (non-hydrogen) atoms. The molecule has 9 heteroatoms. The first-order valence-corrected chi connectivity index (χ1v) is 12.7. The van der Waals surface area contributed by atoms with Crippen molar-refractivity contribution >= 4 is 27.8 Å². The molecule has 1 N–H and O–H groups in total. The van der Waals surface area contributed by atoms with Crippen molar-refractivity contribution in [1.29, 1.82) is 0 Å². The first kappa shape index (κ1) is 21.4. The third-order valence-corrected chi connectivity index (χ3v) is 7.30. The van der Waals surface area contributed by atoms with Crippen LogP contribution in [0.1, 0.15) is 43.3 Å². The first-order valence-electron chi connectivity index (χ1n) is 12.7. The molecule has 1 aromatic carbocycles. The molecule has 1 aliphatic heterocycles. The Bertz CT molecular complexity index is 1550. The van der Waals surface area contributed by atoms with Crippen LogP contribution in [0.2, 0.25) is 0 Å². The maximum atomic E-state index is 5.61. The molecule has 2 fully saturated rings. The largest absolute Gasteiger partial charge is 0.381 e. The molecular weight excluding hydrogens is 452 g/mol. The molecule has 9 nitrogen and oxygen atoms in total. The number of aryl methyl sites for hydroxylation is 1. The first-order chi connectivity index (χ1) is 17.7. The molecule has 0 radical (unpaired) electrons. The van der Waals surface area contributed by atoms with Gasteiger partial charge in [0.25, 0.3) is 0 Å². The van der Waals surface area contributed by atoms with Crippen LogP contribution in [0.25, 0.3) is 33.3 Å². The molecule has 0 bridgehead atoms. The van der Waals surface area contributed by atoms with Gasteiger partial charge in [0.15, 0.2) is 11.6 Å². The third kappa shape index (κ3) is 3.89. The smallest absolute Gasteiger partial charge is 0.165 e. The summed E-state index contributed by atoms with van der Waals surface area (Å²) < 4.78 is 9.49. The lowest BCUT2D eigenvalue weighted by Crippen LogP contribution is -2.21. The molecule has 5 aromatic rings. The van der Waals surface area contributed by atoms with Crippen molar-refractivity contribution in [2.75, 3.05) is 18.5 Å². The fourth-order valence-corrected chi connectivity index (χ4v) is 5.24. The number of aromatic nitrogens is 7. The monoisotopic (exact) mass is 480 g/mol. The van der Waals surface area contributed by atoms with Gasteiger partial charge in [-0.05, 0) is 49.3 Å². The zero-order valence-corrected chi connectivity index (χ0v) is 20.2. The van der Waals surface area contributed by atoms with E-state index in [1.54, 1.807) is 10.9 Å². The lowest BCUT2D eigenvalue weighted by Gasteiger charge is -2.25. The third-order valence-electron chi connectivity index (χ3n) is 7.30. The van der Waals surface area contributed by atoms with Gasteiger partial charge in [-0.3, -0.25) is 14.3 Å². The van der Waals surface area contributed by atoms with Crippen LogP contribution in [0.3, 0.4) is 0 Å². The number of anilines is 1. The molecule has 1 saturated heterocycles. The van der Waals surface area contributed by atoms with Gasteiger partial charge in [-0.1, -0.05) is 18.2 Å². The van der Waals surface area contributed by atoms with Crippen molar-refractivity contribution in [2.45, 2.75) is 37.8 Å². The predicted molar refractivity (Wildman–Crippen MR) is 137 cm³/mol. The van der Waals surface area contributed by atoms with Crippen molar-refractivity contribution in [3.05, 3.63) is 60.7 Å². The Labute approximate surface area is 208 Å². The second-order valence-electron chi connectivity index (χ2n) is 9.89. The molecule has 182 valence electrons. The summed E-state index contributed by atoms with van der Waals surface area (Å²) in [4.78, 5) is 14.7. The Balaban J connectivity index is 1.35. The molecule has 5 heterocycles. The number of rotatable bonds is 6. The van der Waals surface area contributed by atoms with Crippen molar-refractivity contribution < 1.29 is 4.74 Å². The Kier molecular flexibility index (Phi) is 5.16. The zero-order chi connectivity index (χ0) is 24.1. The van der Waals surface area contributed by atoms with Crippen LogP contribution in [0.15, 0.2) is 55.1 Å². The fraction of sp³-hybridized carbons (Fsp3) is 0.370. The summed E-state index contributed by atoms with van der Waals surface area (Å²) in [6.45, 7) is 1.49. The van der Waals surface area contributed by atoms with Gasteiger partial charge < -0.3 is 10.1 Å². The number of fused-ring (bicyclic) bond motifs is 2. The van der Waals surface area contributed by atoms with Crippen LogP contribution in [-0.4, -0.2) is 47.7 Å². The topological polar surface area (TPSA) is 95.6 Å². The van der Waals surface area contributed by atoms with Crippen molar-refractivity contribution in [3.8, 4) is 11.4 Å². The number of para-hydroxylation sites is 1. The molecule has 1 aliphatic carbocycles. The Morgan fingerprint density at radius 3 is 2.64 bits per heavy atom. The number of benzene rings is 1. The Hall–Kier alpha value is -3.85. The summed E-state index contributed by atoms with van der Waals surface area (Å²) in [6, 6.07) is 10.9. The quantitative estimate of drug-likeness (QED) is 0.377. The normalized spacial score (nSPS) is 17.6. The Morgan fingerprint density at radius 1 is 0.972 bits per heavy atom. The number of nitrogens with zero attached hydrogens (tertiary/aromatic N) is 7. The highest BCUT2D eigenvalue weighted by Crippen LogP contribution is 2.44. The van der Waals surface area contributed by atoms with Gasteiger partial charge >= 0.3 is 0 Å². The number of nitrogens with one attached hydrogen (secondary N) is 1. The molecular formula is C27H28N8O. The number of hydrogen-bond donors (Lipinski definition) is 1. The maximum absolute atomic E-state index is 5.61. The molecule has 0 spiro atoms. The average molecular weight is 481 g/mol. The van der Waals surface area contributed by atoms with Crippen LogP contribution >= 0.6 is 0 Å². The molecule has 7 rings (SSSR count). The maximum Gasteiger partial charge on any atom is 0.165 e. The van der Waals surface area contributed by atoms with E-state index < -0.39 is 0 Å². The van der Waals surface area contributed by atoms with Crippen molar-refractivity contribution in [2.24, 2.45) is 13.0 Å². The summed E-state index contributed by atoms with van der Waals surface area (Å²) in [5, 5.41) is 14.1. The van der Waals surface area contributed by atoms with Gasteiger partial charge in [0, 0.05) is 38.0 Å². The van der Waals surface area contributed by atoms with E-state index >= 15 is 0 Å². The van der Waals surface area contributed by atoms with E-state index in [0.717, 1.165) is 59.4 Å². The van der Waals surface area contributed by atoms with Crippen LogP contribution < -0.4 is 5.32 Å². The van der Waals surface area contributed by atoms with Crippen LogP contribution in [0.4, 0.5) is 5.82 Å². The fourth-order valence-electron chi connectivity index (χ4n) is 5.24. The SMILES string of the molecule is Cn1cc(-c2nc(N[C@@H](c3cnc4ccccc4c3)C3CC3)c3c(cnn3C3CCOCC3)n2)cn1. The van der Waals surface area contributed by atoms with E-state index in [2.05, 4.69) is 39.4 Å². The summed E-state index contributed by atoms with van der Waals surface area (Å²) in [5.74, 6) is 2.00. The van der Waals surface area contributed by atoms with E-state index in [0.29, 0.717) is 11.7 Å². The highest BCUT2D eigenvalue weighted by Gasteiger charge is 2.34. The zero-order valence-electron chi connectivity index (χ0n) is 20.2. The summed E-state index contributed by atoms with van der Waals surface area (Å²) >= 11 is 0. The molecule has 1 atom stereocenters. The second-order valence-corrected chi connectivity index (χ2v) is 9.89. The Morgan fingerprint density at radius 2 is 1.83 bits per heavy atom. The van der Waals surface area contributed by atoms with Gasteiger partial charge in [-0.15, -0.1) is 0 Å². The van der Waals surface area contributed by atoms with Gasteiger partial charge in [-0.2, -0.15) is 10.2 Å². The standard InChI is InChI=1S/C27H28N8O/c1-34-16-20(14-29-34)26-31-23-15-30-35(21-8-10-36-11-9-21)25(23)27(33-26)32-24(17-6-7-17)19-12-18-4-2-3-5-22(18)28-13-19/h2-5,12-17,21,24H,6-11H2,1H3,(H,31,32,33)/t24-/m1/s1. The van der Waals surface area contributed by atoms with Crippen LogP contribution in [-0.2, 0) is 11.8 Å². The molecule has 1 saturated carbocycles.